The predicted octanol–water partition coefficient (Wildman–Crippen LogP) is 2.51. The summed E-state index contributed by atoms with van der Waals surface area (Å²) in [4.78, 5) is 14.3. The zero-order valence-corrected chi connectivity index (χ0v) is 13.8. The van der Waals surface area contributed by atoms with Gasteiger partial charge in [0.1, 0.15) is 6.10 Å². The SMILES string of the molecule is COC(CN)C(=O)N1CCCC1c1cccc(Br)c1.Cl. The summed E-state index contributed by atoms with van der Waals surface area (Å²) in [5.41, 5.74) is 6.74. The number of amides is 1. The Morgan fingerprint density at radius 3 is 2.95 bits per heavy atom. The quantitative estimate of drug-likeness (QED) is 0.894. The van der Waals surface area contributed by atoms with Crippen molar-refractivity contribution in [2.45, 2.75) is 25.0 Å². The second-order valence-corrected chi connectivity index (χ2v) is 5.62. The lowest BCUT2D eigenvalue weighted by Gasteiger charge is -2.28. The summed E-state index contributed by atoms with van der Waals surface area (Å²) in [5.74, 6) is -0.00697. The number of hydrogen-bond donors (Lipinski definition) is 1. The van der Waals surface area contributed by atoms with Crippen LogP contribution in [0.2, 0.25) is 0 Å². The van der Waals surface area contributed by atoms with E-state index < -0.39 is 6.10 Å². The molecule has 2 unspecified atom stereocenters. The first-order valence-electron chi connectivity index (χ1n) is 6.46. The summed E-state index contributed by atoms with van der Waals surface area (Å²) in [6, 6.07) is 8.25. The highest BCUT2D eigenvalue weighted by Crippen LogP contribution is 2.33. The van der Waals surface area contributed by atoms with Crippen molar-refractivity contribution in [3.05, 3.63) is 34.3 Å². The van der Waals surface area contributed by atoms with Crippen LogP contribution in [0.15, 0.2) is 28.7 Å². The number of nitrogens with two attached hydrogens (primary N) is 1. The fourth-order valence-electron chi connectivity index (χ4n) is 2.57. The van der Waals surface area contributed by atoms with Gasteiger partial charge >= 0.3 is 0 Å². The molecule has 0 saturated carbocycles. The minimum Gasteiger partial charge on any atom is -0.370 e. The number of rotatable bonds is 4. The minimum atomic E-state index is -0.534. The first-order valence-corrected chi connectivity index (χ1v) is 7.25. The summed E-state index contributed by atoms with van der Waals surface area (Å²) in [7, 11) is 1.53. The molecule has 0 aromatic heterocycles. The van der Waals surface area contributed by atoms with Crippen LogP contribution < -0.4 is 5.73 Å². The van der Waals surface area contributed by atoms with Gasteiger partial charge < -0.3 is 15.4 Å². The van der Waals surface area contributed by atoms with Gasteiger partial charge in [-0.05, 0) is 30.5 Å². The third kappa shape index (κ3) is 3.73. The van der Waals surface area contributed by atoms with Gasteiger partial charge in [0, 0.05) is 24.7 Å². The Bertz CT molecular complexity index is 455. The second-order valence-electron chi connectivity index (χ2n) is 4.70. The van der Waals surface area contributed by atoms with Crippen LogP contribution >= 0.6 is 28.3 Å². The van der Waals surface area contributed by atoms with Crippen LogP contribution in [0.3, 0.4) is 0 Å². The topological polar surface area (TPSA) is 55.6 Å². The maximum atomic E-state index is 12.4. The van der Waals surface area contributed by atoms with E-state index in [2.05, 4.69) is 28.1 Å². The Labute approximate surface area is 134 Å². The highest BCUT2D eigenvalue weighted by atomic mass is 79.9. The lowest BCUT2D eigenvalue weighted by Crippen LogP contribution is -2.43. The molecule has 0 spiro atoms. The molecule has 1 aromatic carbocycles. The fourth-order valence-corrected chi connectivity index (χ4v) is 2.99. The molecule has 1 saturated heterocycles. The lowest BCUT2D eigenvalue weighted by atomic mass is 10.0. The average molecular weight is 364 g/mol. The van der Waals surface area contributed by atoms with Gasteiger partial charge in [0.05, 0.1) is 6.04 Å². The van der Waals surface area contributed by atoms with Crippen LogP contribution in [0.4, 0.5) is 0 Å². The van der Waals surface area contributed by atoms with E-state index in [0.717, 1.165) is 29.4 Å². The normalized spacial score (nSPS) is 19.6. The van der Waals surface area contributed by atoms with Gasteiger partial charge in [-0.2, -0.15) is 0 Å². The smallest absolute Gasteiger partial charge is 0.253 e. The van der Waals surface area contributed by atoms with Gasteiger partial charge in [-0.3, -0.25) is 4.79 Å². The number of methoxy groups -OCH3 is 1. The molecule has 6 heteroatoms. The van der Waals surface area contributed by atoms with Crippen LogP contribution in [0.1, 0.15) is 24.4 Å². The van der Waals surface area contributed by atoms with Crippen molar-refractivity contribution in [3.8, 4) is 0 Å². The standard InChI is InChI=1S/C14H19BrN2O2.ClH/c1-19-13(9-16)14(18)17-7-3-6-12(17)10-4-2-5-11(15)8-10;/h2,4-5,8,12-13H,3,6-7,9,16H2,1H3;1H. The largest absolute Gasteiger partial charge is 0.370 e. The summed E-state index contributed by atoms with van der Waals surface area (Å²) in [6.07, 6.45) is 1.47. The molecule has 112 valence electrons. The van der Waals surface area contributed by atoms with Crippen LogP contribution in [0.25, 0.3) is 0 Å². The molecule has 0 radical (unpaired) electrons. The fraction of sp³-hybridized carbons (Fsp3) is 0.500. The summed E-state index contributed by atoms with van der Waals surface area (Å²) >= 11 is 3.47. The highest BCUT2D eigenvalue weighted by Gasteiger charge is 2.33. The number of benzene rings is 1. The van der Waals surface area contributed by atoms with Crippen molar-refractivity contribution in [2.24, 2.45) is 5.73 Å². The molecule has 1 heterocycles. The van der Waals surface area contributed by atoms with E-state index in [1.807, 2.05) is 17.0 Å². The zero-order chi connectivity index (χ0) is 13.8. The maximum Gasteiger partial charge on any atom is 0.253 e. The number of halogens is 2. The van der Waals surface area contributed by atoms with Crippen molar-refractivity contribution < 1.29 is 9.53 Å². The van der Waals surface area contributed by atoms with Crippen molar-refractivity contribution in [3.63, 3.8) is 0 Å². The summed E-state index contributed by atoms with van der Waals surface area (Å²) in [6.45, 7) is 0.993. The number of nitrogens with zero attached hydrogens (tertiary/aromatic N) is 1. The van der Waals surface area contributed by atoms with E-state index in [1.165, 1.54) is 7.11 Å². The number of likely N-dealkylation sites (tertiary alicyclic amines) is 1. The van der Waals surface area contributed by atoms with E-state index >= 15 is 0 Å². The second kappa shape index (κ2) is 7.98. The Morgan fingerprint density at radius 1 is 1.60 bits per heavy atom. The first kappa shape index (κ1) is 17.4. The zero-order valence-electron chi connectivity index (χ0n) is 11.4. The number of carbonyl (C=O) groups excluding carboxylic acids is 1. The molecule has 1 amide bonds. The van der Waals surface area contributed by atoms with E-state index in [-0.39, 0.29) is 30.9 Å². The van der Waals surface area contributed by atoms with E-state index in [1.54, 1.807) is 0 Å². The first-order chi connectivity index (χ1) is 9.17. The molecule has 1 aliphatic heterocycles. The number of ether oxygens (including phenoxy) is 1. The molecule has 2 rings (SSSR count). The van der Waals surface area contributed by atoms with Crippen LogP contribution in [-0.4, -0.2) is 37.1 Å². The average Bonchev–Trinajstić information content (AvgIpc) is 2.89. The van der Waals surface area contributed by atoms with Crippen LogP contribution in [0.5, 0.6) is 0 Å². The van der Waals surface area contributed by atoms with Gasteiger partial charge in [0.25, 0.3) is 5.91 Å². The molecule has 1 aliphatic rings. The molecule has 0 bridgehead atoms. The molecule has 4 nitrogen and oxygen atoms in total. The Balaban J connectivity index is 0.00000200. The molecule has 1 aromatic rings. The number of hydrogen-bond acceptors (Lipinski definition) is 3. The molecule has 20 heavy (non-hydrogen) atoms. The third-order valence-corrected chi connectivity index (χ3v) is 4.04. The summed E-state index contributed by atoms with van der Waals surface area (Å²) in [5, 5.41) is 0. The van der Waals surface area contributed by atoms with E-state index in [0.29, 0.717) is 0 Å². The van der Waals surface area contributed by atoms with Crippen LogP contribution in [-0.2, 0) is 9.53 Å². The van der Waals surface area contributed by atoms with Gasteiger partial charge in [0.15, 0.2) is 0 Å². The molecule has 0 aliphatic carbocycles. The predicted molar refractivity (Wildman–Crippen MR) is 84.9 cm³/mol. The minimum absolute atomic E-state index is 0. The van der Waals surface area contributed by atoms with Gasteiger partial charge in [-0.25, -0.2) is 0 Å². The lowest BCUT2D eigenvalue weighted by molar-refractivity contribution is -0.142. The Kier molecular flexibility index (Phi) is 6.95. The van der Waals surface area contributed by atoms with Crippen molar-refractivity contribution in [2.75, 3.05) is 20.2 Å². The Morgan fingerprint density at radius 2 is 2.35 bits per heavy atom. The van der Waals surface area contributed by atoms with Crippen molar-refractivity contribution in [1.29, 1.82) is 0 Å². The van der Waals surface area contributed by atoms with Crippen LogP contribution in [0, 0.1) is 0 Å². The van der Waals surface area contributed by atoms with Crippen molar-refractivity contribution in [1.82, 2.24) is 4.90 Å². The maximum absolute atomic E-state index is 12.4. The van der Waals surface area contributed by atoms with E-state index in [9.17, 15) is 4.79 Å². The third-order valence-electron chi connectivity index (χ3n) is 3.54. The molecular formula is C14H20BrClN2O2. The van der Waals surface area contributed by atoms with Gasteiger partial charge in [-0.15, -0.1) is 12.4 Å². The molecular weight excluding hydrogens is 344 g/mol. The molecule has 2 atom stereocenters. The van der Waals surface area contributed by atoms with Crippen molar-refractivity contribution >= 4 is 34.2 Å². The van der Waals surface area contributed by atoms with E-state index in [4.69, 9.17) is 10.5 Å². The molecule has 1 fully saturated rings. The monoisotopic (exact) mass is 362 g/mol. The summed E-state index contributed by atoms with van der Waals surface area (Å²) < 4.78 is 6.19. The Hall–Kier alpha value is -0.620. The van der Waals surface area contributed by atoms with Gasteiger partial charge in [-0.1, -0.05) is 28.1 Å². The van der Waals surface area contributed by atoms with Gasteiger partial charge in [0.2, 0.25) is 0 Å². The number of carbonyl (C=O) groups is 1. The molecule has 2 N–H and O–H groups in total. The highest BCUT2D eigenvalue weighted by molar-refractivity contribution is 9.10.